The van der Waals surface area contributed by atoms with Gasteiger partial charge in [-0.05, 0) is 84.9 Å². The zero-order chi connectivity index (χ0) is 33.8. The summed E-state index contributed by atoms with van der Waals surface area (Å²) in [4.78, 5) is 39.9. The number of nitrogens with one attached hydrogen (secondary N) is 3. The molecule has 0 unspecified atom stereocenters. The van der Waals surface area contributed by atoms with E-state index in [9.17, 15) is 14.4 Å². The standard InChI is InChI=1S/C40H31N3O5S/c44-38(41-30-16-20-33(21-17-30)47-32-14-8-3-9-15-32)27-49-35-23-18-31(19-24-35)42-40(46)36(43-39(45)29-12-6-2-7-13-29)26-34-22-25-37(48-34)28-10-4-1-5-11-28/h1-26H,27H2,(H,41,44)(H,42,46)(H,43,45)/b36-26-. The van der Waals surface area contributed by atoms with Gasteiger partial charge in [0, 0.05) is 33.5 Å². The SMILES string of the molecule is O=C(CSc1ccc(NC(=O)/C(=C/c2ccc(-c3ccccc3)o2)NC(=O)c2ccccc2)cc1)Nc1ccc(Oc2ccccc2)cc1. The molecule has 9 heteroatoms. The molecule has 0 radical (unpaired) electrons. The molecule has 0 aliphatic rings. The summed E-state index contributed by atoms with van der Waals surface area (Å²) in [5.74, 6) is 1.52. The zero-order valence-corrected chi connectivity index (χ0v) is 27.0. The molecule has 49 heavy (non-hydrogen) atoms. The van der Waals surface area contributed by atoms with Crippen molar-refractivity contribution >= 4 is 46.9 Å². The van der Waals surface area contributed by atoms with Gasteiger partial charge in [0.15, 0.2) is 0 Å². The van der Waals surface area contributed by atoms with E-state index in [1.165, 1.54) is 17.8 Å². The lowest BCUT2D eigenvalue weighted by atomic mass is 10.2. The number of hydrogen-bond acceptors (Lipinski definition) is 6. The topological polar surface area (TPSA) is 110 Å². The average Bonchev–Trinajstić information content (AvgIpc) is 3.62. The number of thioether (sulfide) groups is 1. The summed E-state index contributed by atoms with van der Waals surface area (Å²) in [5.41, 5.74) is 2.49. The monoisotopic (exact) mass is 665 g/mol. The largest absolute Gasteiger partial charge is 0.457 e. The van der Waals surface area contributed by atoms with Crippen molar-refractivity contribution in [1.29, 1.82) is 0 Å². The van der Waals surface area contributed by atoms with Crippen LogP contribution in [0.3, 0.4) is 0 Å². The van der Waals surface area contributed by atoms with Crippen LogP contribution in [0.4, 0.5) is 11.4 Å². The average molecular weight is 666 g/mol. The second-order valence-corrected chi connectivity index (χ2v) is 11.7. The Labute approximate surface area is 287 Å². The number of hydrogen-bond donors (Lipinski definition) is 3. The normalized spacial score (nSPS) is 11.0. The van der Waals surface area contributed by atoms with E-state index >= 15 is 0 Å². The maximum Gasteiger partial charge on any atom is 0.272 e. The molecule has 6 aromatic rings. The van der Waals surface area contributed by atoms with Crippen molar-refractivity contribution in [3.63, 3.8) is 0 Å². The lowest BCUT2D eigenvalue weighted by Crippen LogP contribution is -2.30. The number of ether oxygens (including phenoxy) is 1. The molecule has 0 spiro atoms. The van der Waals surface area contributed by atoms with E-state index in [0.717, 1.165) is 16.2 Å². The molecule has 0 aliphatic carbocycles. The van der Waals surface area contributed by atoms with Gasteiger partial charge in [0.25, 0.3) is 11.8 Å². The van der Waals surface area contributed by atoms with Crippen LogP contribution in [0.1, 0.15) is 16.1 Å². The van der Waals surface area contributed by atoms with Crippen molar-refractivity contribution in [3.8, 4) is 22.8 Å². The Morgan fingerprint density at radius 3 is 1.92 bits per heavy atom. The fraction of sp³-hybridized carbons (Fsp3) is 0.0250. The first kappa shape index (κ1) is 32.6. The third kappa shape index (κ3) is 9.37. The van der Waals surface area contributed by atoms with Crippen molar-refractivity contribution in [2.45, 2.75) is 4.90 Å². The molecule has 242 valence electrons. The Bertz CT molecular complexity index is 2050. The molecule has 0 fully saturated rings. The predicted octanol–water partition coefficient (Wildman–Crippen LogP) is 8.88. The summed E-state index contributed by atoms with van der Waals surface area (Å²) in [6.45, 7) is 0. The fourth-order valence-corrected chi connectivity index (χ4v) is 5.38. The number of benzene rings is 5. The number of para-hydroxylation sites is 1. The molecular formula is C40H31N3O5S. The van der Waals surface area contributed by atoms with Gasteiger partial charge in [-0.15, -0.1) is 11.8 Å². The molecule has 0 bridgehead atoms. The van der Waals surface area contributed by atoms with Gasteiger partial charge in [0.05, 0.1) is 5.75 Å². The number of carbonyl (C=O) groups is 3. The van der Waals surface area contributed by atoms with Gasteiger partial charge in [-0.1, -0.05) is 66.7 Å². The van der Waals surface area contributed by atoms with Crippen LogP contribution in [0.5, 0.6) is 11.5 Å². The van der Waals surface area contributed by atoms with Crippen LogP contribution in [-0.4, -0.2) is 23.5 Å². The van der Waals surface area contributed by atoms with E-state index in [4.69, 9.17) is 9.15 Å². The predicted molar refractivity (Wildman–Crippen MR) is 193 cm³/mol. The Morgan fingerprint density at radius 1 is 0.633 bits per heavy atom. The van der Waals surface area contributed by atoms with Crippen molar-refractivity contribution in [2.24, 2.45) is 0 Å². The summed E-state index contributed by atoms with van der Waals surface area (Å²) >= 11 is 1.36. The number of furan rings is 1. The third-order valence-corrected chi connectivity index (χ3v) is 8.11. The maximum absolute atomic E-state index is 13.4. The molecule has 0 saturated carbocycles. The summed E-state index contributed by atoms with van der Waals surface area (Å²) in [5, 5.41) is 8.45. The van der Waals surface area contributed by atoms with E-state index in [-0.39, 0.29) is 17.4 Å². The molecule has 0 aliphatic heterocycles. The number of rotatable bonds is 12. The second kappa shape index (κ2) is 16.0. The van der Waals surface area contributed by atoms with Gasteiger partial charge < -0.3 is 25.1 Å². The number of amides is 3. The maximum atomic E-state index is 13.4. The van der Waals surface area contributed by atoms with Crippen molar-refractivity contribution in [3.05, 3.63) is 169 Å². The lowest BCUT2D eigenvalue weighted by Gasteiger charge is -2.11. The molecule has 3 amide bonds. The minimum Gasteiger partial charge on any atom is -0.457 e. The molecule has 0 saturated heterocycles. The Balaban J connectivity index is 1.06. The van der Waals surface area contributed by atoms with E-state index in [0.29, 0.717) is 34.2 Å². The van der Waals surface area contributed by atoms with Gasteiger partial charge in [-0.2, -0.15) is 0 Å². The van der Waals surface area contributed by atoms with Gasteiger partial charge in [-0.3, -0.25) is 14.4 Å². The Hall–Kier alpha value is -6.32. The molecular weight excluding hydrogens is 635 g/mol. The van der Waals surface area contributed by atoms with Gasteiger partial charge in [-0.25, -0.2) is 0 Å². The van der Waals surface area contributed by atoms with Crippen molar-refractivity contribution in [2.75, 3.05) is 16.4 Å². The molecule has 8 nitrogen and oxygen atoms in total. The van der Waals surface area contributed by atoms with Crippen molar-refractivity contribution < 1.29 is 23.5 Å². The quantitative estimate of drug-likeness (QED) is 0.0890. The first-order valence-corrected chi connectivity index (χ1v) is 16.4. The van der Waals surface area contributed by atoms with E-state index in [1.807, 2.05) is 84.9 Å². The molecule has 5 aromatic carbocycles. The highest BCUT2D eigenvalue weighted by Gasteiger charge is 2.16. The van der Waals surface area contributed by atoms with E-state index in [1.54, 1.807) is 66.7 Å². The van der Waals surface area contributed by atoms with Gasteiger partial charge in [0.1, 0.15) is 28.7 Å². The minimum atomic E-state index is -0.526. The second-order valence-electron chi connectivity index (χ2n) is 10.7. The highest BCUT2D eigenvalue weighted by Crippen LogP contribution is 2.25. The molecule has 3 N–H and O–H groups in total. The van der Waals surface area contributed by atoms with Crippen LogP contribution in [-0.2, 0) is 9.59 Å². The highest BCUT2D eigenvalue weighted by atomic mass is 32.2. The lowest BCUT2D eigenvalue weighted by molar-refractivity contribution is -0.114. The summed E-state index contributed by atoms with van der Waals surface area (Å²) in [6, 6.07) is 45.5. The third-order valence-electron chi connectivity index (χ3n) is 7.10. The first-order valence-electron chi connectivity index (χ1n) is 15.4. The van der Waals surface area contributed by atoms with Gasteiger partial charge >= 0.3 is 0 Å². The van der Waals surface area contributed by atoms with Crippen LogP contribution in [0.15, 0.2) is 167 Å². The number of carbonyl (C=O) groups excluding carboxylic acids is 3. The summed E-state index contributed by atoms with van der Waals surface area (Å²) in [6.07, 6.45) is 1.50. The molecule has 0 atom stereocenters. The fourth-order valence-electron chi connectivity index (χ4n) is 4.68. The highest BCUT2D eigenvalue weighted by molar-refractivity contribution is 8.00. The van der Waals surface area contributed by atoms with Crippen molar-refractivity contribution in [1.82, 2.24) is 5.32 Å². The van der Waals surface area contributed by atoms with Crippen LogP contribution >= 0.6 is 11.8 Å². The zero-order valence-electron chi connectivity index (χ0n) is 26.2. The van der Waals surface area contributed by atoms with Crippen LogP contribution in [0, 0.1) is 0 Å². The van der Waals surface area contributed by atoms with Gasteiger partial charge in [0.2, 0.25) is 5.91 Å². The molecule has 1 aromatic heterocycles. The van der Waals surface area contributed by atoms with E-state index in [2.05, 4.69) is 16.0 Å². The number of anilines is 2. The van der Waals surface area contributed by atoms with Crippen LogP contribution < -0.4 is 20.7 Å². The molecule has 1 heterocycles. The minimum absolute atomic E-state index is 0.0117. The smallest absolute Gasteiger partial charge is 0.272 e. The Kier molecular flexibility index (Phi) is 10.6. The van der Waals surface area contributed by atoms with Crippen LogP contribution in [0.25, 0.3) is 17.4 Å². The molecule has 6 rings (SSSR count). The summed E-state index contributed by atoms with van der Waals surface area (Å²) < 4.78 is 11.8. The summed E-state index contributed by atoms with van der Waals surface area (Å²) in [7, 11) is 0. The van der Waals surface area contributed by atoms with Crippen LogP contribution in [0.2, 0.25) is 0 Å². The Morgan fingerprint density at radius 2 is 1.22 bits per heavy atom. The van der Waals surface area contributed by atoms with E-state index < -0.39 is 11.8 Å². The first-order chi connectivity index (χ1) is 24.0.